The highest BCUT2D eigenvalue weighted by Crippen LogP contribution is 2.29. The third-order valence-electron chi connectivity index (χ3n) is 15.6. The number of rotatable bonds is 15. The number of nitrogens with zero attached hydrogens (tertiary/aromatic N) is 5. The summed E-state index contributed by atoms with van der Waals surface area (Å²) in [6, 6.07) is 1.63. The van der Waals surface area contributed by atoms with E-state index in [9.17, 15) is 4.39 Å². The second kappa shape index (κ2) is 34.3. The van der Waals surface area contributed by atoms with Crippen molar-refractivity contribution in [3.05, 3.63) is 0 Å². The summed E-state index contributed by atoms with van der Waals surface area (Å²) in [6.45, 7) is 57.9. The van der Waals surface area contributed by atoms with Crippen LogP contribution in [0.25, 0.3) is 0 Å². The van der Waals surface area contributed by atoms with E-state index in [4.69, 9.17) is 0 Å². The second-order valence-electron chi connectivity index (χ2n) is 29.6. The monoisotopic (exact) mass is 976 g/mol. The quantitative estimate of drug-likeness (QED) is 0.162. The first-order valence-electron chi connectivity index (χ1n) is 30.3. The molecule has 5 fully saturated rings. The highest BCUT2D eigenvalue weighted by atomic mass is 19.1. The first-order chi connectivity index (χ1) is 31.9. The largest absolute Gasteiger partial charge is 0.303 e. The van der Waals surface area contributed by atoms with Crippen molar-refractivity contribution in [2.75, 3.05) is 85.1 Å². The minimum absolute atomic E-state index is 0.435. The molecule has 2 unspecified atom stereocenters. The van der Waals surface area contributed by atoms with Crippen molar-refractivity contribution in [1.29, 1.82) is 0 Å². The van der Waals surface area contributed by atoms with Gasteiger partial charge in [-0.2, -0.15) is 0 Å². The molecule has 5 aliphatic heterocycles. The van der Waals surface area contributed by atoms with E-state index in [0.717, 1.165) is 31.7 Å². The smallest absolute Gasteiger partial charge is 0.110 e. The van der Waals surface area contributed by atoms with E-state index in [1.54, 1.807) is 6.92 Å². The van der Waals surface area contributed by atoms with E-state index < -0.39 is 5.67 Å². The third-order valence-corrected chi connectivity index (χ3v) is 15.6. The molecule has 0 aromatic heterocycles. The molecule has 0 spiro atoms. The first-order valence-corrected chi connectivity index (χ1v) is 30.3. The number of hydrogen-bond acceptors (Lipinski definition) is 5. The summed E-state index contributed by atoms with van der Waals surface area (Å²) in [4.78, 5) is 13.0. The molecule has 5 nitrogen and oxygen atoms in total. The molecule has 0 aromatic rings. The minimum Gasteiger partial charge on any atom is -0.303 e. The van der Waals surface area contributed by atoms with Gasteiger partial charge < -0.3 is 19.6 Å². The first kappa shape index (κ1) is 66.7. The highest BCUT2D eigenvalue weighted by molar-refractivity contribution is 4.83. The number of hydrogen-bond donors (Lipinski definition) is 0. The molecule has 5 heterocycles. The fraction of sp³-hybridized carbons (Fsp3) is 1.00. The van der Waals surface area contributed by atoms with Gasteiger partial charge >= 0.3 is 0 Å². The Hall–Kier alpha value is -0.270. The number of alkyl halides is 1. The SMILES string of the molecule is CC(C)(C)CCCN1CCC(C)(F)CC1.CC(C)(C)CCCN1CCCCC1.CC(C)(C)CCCN1CCCCC1.CC(C)(C)CCCN1CCCCC1.CC1CCCC(C)N1CCCC(C)(C)C. The van der Waals surface area contributed by atoms with Gasteiger partial charge in [-0.15, -0.1) is 0 Å². The zero-order chi connectivity index (χ0) is 52.2. The third kappa shape index (κ3) is 40.8. The van der Waals surface area contributed by atoms with Gasteiger partial charge in [0, 0.05) is 25.2 Å². The Morgan fingerprint density at radius 3 is 0.826 bits per heavy atom. The second-order valence-corrected chi connectivity index (χ2v) is 29.6. The summed E-state index contributed by atoms with van der Waals surface area (Å²) in [5.74, 6) is 0. The molecule has 0 aliphatic carbocycles. The fourth-order valence-electron chi connectivity index (χ4n) is 10.8. The maximum absolute atomic E-state index is 13.5. The Balaban J connectivity index is 0.000000432. The van der Waals surface area contributed by atoms with E-state index >= 15 is 0 Å². The molecule has 5 rings (SSSR count). The topological polar surface area (TPSA) is 16.2 Å². The average Bonchev–Trinajstić information content (AvgIpc) is 3.23. The van der Waals surface area contributed by atoms with Crippen LogP contribution in [0.2, 0.25) is 0 Å². The Labute approximate surface area is 435 Å². The molecule has 2 atom stereocenters. The highest BCUT2D eigenvalue weighted by Gasteiger charge is 2.29. The van der Waals surface area contributed by atoms with Crippen molar-refractivity contribution in [2.24, 2.45) is 27.1 Å². The number of halogens is 1. The summed E-state index contributed by atoms with van der Waals surface area (Å²) in [7, 11) is 0. The van der Waals surface area contributed by atoms with Crippen LogP contribution in [0, 0.1) is 27.1 Å². The van der Waals surface area contributed by atoms with Gasteiger partial charge in [0.05, 0.1) is 0 Å². The zero-order valence-electron chi connectivity index (χ0n) is 50.9. The Bertz CT molecular complexity index is 1100. The molecular weight excluding hydrogens is 846 g/mol. The van der Waals surface area contributed by atoms with Gasteiger partial charge in [-0.25, -0.2) is 4.39 Å². The van der Waals surface area contributed by atoms with E-state index in [1.807, 2.05) is 0 Å². The number of likely N-dealkylation sites (tertiary alicyclic amines) is 5. The Morgan fingerprint density at radius 2 is 0.580 bits per heavy atom. The summed E-state index contributed by atoms with van der Waals surface area (Å²) in [5, 5.41) is 0. The molecule has 0 N–H and O–H groups in total. The van der Waals surface area contributed by atoms with E-state index in [0.29, 0.717) is 39.9 Å². The normalized spacial score (nSPS) is 23.0. The molecule has 6 heteroatoms. The maximum atomic E-state index is 13.5. The Morgan fingerprint density at radius 1 is 0.348 bits per heavy atom. The molecule has 0 radical (unpaired) electrons. The van der Waals surface area contributed by atoms with Gasteiger partial charge in [0.2, 0.25) is 0 Å². The van der Waals surface area contributed by atoms with Gasteiger partial charge in [0.25, 0.3) is 0 Å². The molecule has 0 saturated carbocycles. The van der Waals surface area contributed by atoms with Crippen LogP contribution in [0.4, 0.5) is 4.39 Å². The van der Waals surface area contributed by atoms with Crippen LogP contribution in [0.1, 0.15) is 279 Å². The van der Waals surface area contributed by atoms with Crippen LogP contribution in [0.3, 0.4) is 0 Å². The molecule has 5 saturated heterocycles. The van der Waals surface area contributed by atoms with Gasteiger partial charge in [-0.3, -0.25) is 4.90 Å². The van der Waals surface area contributed by atoms with Crippen LogP contribution in [0.15, 0.2) is 0 Å². The van der Waals surface area contributed by atoms with Gasteiger partial charge in [0.1, 0.15) is 5.67 Å². The van der Waals surface area contributed by atoms with Crippen molar-refractivity contribution in [3.63, 3.8) is 0 Å². The standard InChI is InChI=1S/C14H29N.C13H26FN.3C12H25N/c1-12-8-6-9-13(2)15(12)11-7-10-14(3,4)5;1-12(2,3)6-5-9-15-10-7-13(4,14)8-11-15;3*1-12(2,3)8-7-11-13-9-5-4-6-10-13/h12-13H,6-11H2,1-5H3;5-11H2,1-4H3;3*4-11H2,1-3H3. The predicted molar refractivity (Wildman–Crippen MR) is 309 cm³/mol. The van der Waals surface area contributed by atoms with Crippen LogP contribution < -0.4 is 0 Å². The van der Waals surface area contributed by atoms with Crippen LogP contribution in [-0.2, 0) is 0 Å². The average molecular weight is 977 g/mol. The van der Waals surface area contributed by atoms with Crippen LogP contribution in [-0.4, -0.2) is 127 Å². The fourth-order valence-corrected chi connectivity index (χ4v) is 10.8. The maximum Gasteiger partial charge on any atom is 0.110 e. The molecule has 69 heavy (non-hydrogen) atoms. The lowest BCUT2D eigenvalue weighted by molar-refractivity contribution is 0.0719. The van der Waals surface area contributed by atoms with Gasteiger partial charge in [-0.05, 0) is 248 Å². The summed E-state index contributed by atoms with van der Waals surface area (Å²) in [5.41, 5.74) is 1.61. The molecule has 414 valence electrons. The molecule has 0 amide bonds. The predicted octanol–water partition coefficient (Wildman–Crippen LogP) is 17.6. The summed E-state index contributed by atoms with van der Waals surface area (Å²) < 4.78 is 13.5. The Kier molecular flexibility index (Phi) is 33.2. The van der Waals surface area contributed by atoms with Crippen molar-refractivity contribution in [3.8, 4) is 0 Å². The molecule has 0 aromatic carbocycles. The van der Waals surface area contributed by atoms with Crippen LogP contribution >= 0.6 is 0 Å². The lowest BCUT2D eigenvalue weighted by Crippen LogP contribution is -2.44. The lowest BCUT2D eigenvalue weighted by atomic mass is 9.89. The minimum atomic E-state index is -0.902. The van der Waals surface area contributed by atoms with Crippen molar-refractivity contribution < 1.29 is 4.39 Å². The van der Waals surface area contributed by atoms with Crippen molar-refractivity contribution in [1.82, 2.24) is 24.5 Å². The van der Waals surface area contributed by atoms with E-state index in [1.165, 1.54) is 207 Å². The van der Waals surface area contributed by atoms with E-state index in [-0.39, 0.29) is 0 Å². The molecule has 5 aliphatic rings. The van der Waals surface area contributed by atoms with Crippen molar-refractivity contribution in [2.45, 2.75) is 296 Å². The van der Waals surface area contributed by atoms with E-state index in [2.05, 4.69) is 142 Å². The van der Waals surface area contributed by atoms with Crippen LogP contribution in [0.5, 0.6) is 0 Å². The molecular formula is C63H130FN5. The number of piperidine rings is 5. The lowest BCUT2D eigenvalue weighted by Gasteiger charge is -2.39. The van der Waals surface area contributed by atoms with Gasteiger partial charge in [0.15, 0.2) is 0 Å². The molecule has 0 bridgehead atoms. The summed E-state index contributed by atoms with van der Waals surface area (Å²) >= 11 is 0. The summed E-state index contributed by atoms with van der Waals surface area (Å²) in [6.07, 6.45) is 32.0. The zero-order valence-corrected chi connectivity index (χ0v) is 50.9. The van der Waals surface area contributed by atoms with Gasteiger partial charge in [-0.1, -0.05) is 130 Å². The van der Waals surface area contributed by atoms with Crippen molar-refractivity contribution >= 4 is 0 Å².